The fraction of sp³-hybridized carbons (Fsp3) is 0.263. The van der Waals surface area contributed by atoms with E-state index in [9.17, 15) is 65.7 Å². The first-order valence-electron chi connectivity index (χ1n) is 24.3. The van der Waals surface area contributed by atoms with Gasteiger partial charge in [-0.2, -0.15) is 26.3 Å². The Kier molecular flexibility index (Phi) is 20.8. The number of hydrogen-bond donors (Lipinski definition) is 0. The summed E-state index contributed by atoms with van der Waals surface area (Å²) in [6.45, 7) is -1.04. The summed E-state index contributed by atoms with van der Waals surface area (Å²) in [5.74, 6) is -1.99. The van der Waals surface area contributed by atoms with Gasteiger partial charge in [0, 0.05) is 55.0 Å². The highest BCUT2D eigenvalue weighted by atomic mass is 19.4. The van der Waals surface area contributed by atoms with Crippen LogP contribution in [0.3, 0.4) is 0 Å². The minimum Gasteiger partial charge on any atom is -0.494 e. The normalized spacial score (nSPS) is 11.6. The summed E-state index contributed by atoms with van der Waals surface area (Å²) in [7, 11) is 0. The lowest BCUT2D eigenvalue weighted by Gasteiger charge is -2.33. The fourth-order valence-corrected chi connectivity index (χ4v) is 7.64. The number of rotatable bonds is 27. The molecule has 0 saturated carbocycles. The average Bonchev–Trinajstić information content (AvgIpc) is 3.44. The molecular formula is C57H50F6N2O14. The highest BCUT2D eigenvalue weighted by molar-refractivity contribution is 5.92. The molecule has 0 aliphatic carbocycles. The SMILES string of the molecule is O=C(/C=C/c1ccc(OC(=O)c2ccc(OCCCC(F)(F)F)cc2)cc1)OCC(COC(=O)CCc1ccc(OC(=O)c2ccc(OCCCC(F)(F)F)cc2)cc1)(Cc1ccc([N+](=O)[O-])cc1)Cc1ccc([N+](=O)[O-])cc1. The molecule has 0 aliphatic heterocycles. The molecule has 0 heterocycles. The molecule has 0 bridgehead atoms. The molecule has 16 nitrogen and oxygen atoms in total. The van der Waals surface area contributed by atoms with E-state index in [1.807, 2.05) is 0 Å². The van der Waals surface area contributed by atoms with Crippen molar-refractivity contribution in [3.8, 4) is 23.0 Å². The van der Waals surface area contributed by atoms with Crippen molar-refractivity contribution in [3.63, 3.8) is 0 Å². The quantitative estimate of drug-likeness (QED) is 0.00894. The smallest absolute Gasteiger partial charge is 0.389 e. The Balaban J connectivity index is 1.08. The van der Waals surface area contributed by atoms with E-state index in [1.165, 1.54) is 127 Å². The summed E-state index contributed by atoms with van der Waals surface area (Å²) < 4.78 is 108. The van der Waals surface area contributed by atoms with Crippen LogP contribution in [-0.4, -0.2) is 72.5 Å². The topological polar surface area (TPSA) is 210 Å². The molecule has 0 aliphatic rings. The maximum absolute atomic E-state index is 13.5. The first-order valence-corrected chi connectivity index (χ1v) is 24.3. The monoisotopic (exact) mass is 1100 g/mol. The Labute approximate surface area is 447 Å². The van der Waals surface area contributed by atoms with Crippen LogP contribution >= 0.6 is 0 Å². The molecular weight excluding hydrogens is 1050 g/mol. The van der Waals surface area contributed by atoms with Crippen molar-refractivity contribution in [3.05, 3.63) is 205 Å². The van der Waals surface area contributed by atoms with Crippen molar-refractivity contribution < 1.29 is 83.8 Å². The average molecular weight is 1100 g/mol. The second kappa shape index (κ2) is 27.8. The molecule has 0 saturated heterocycles. The number of hydrogen-bond acceptors (Lipinski definition) is 14. The molecule has 6 rings (SSSR count). The fourth-order valence-electron chi connectivity index (χ4n) is 7.64. The van der Waals surface area contributed by atoms with Gasteiger partial charge < -0.3 is 28.4 Å². The van der Waals surface area contributed by atoms with Crippen molar-refractivity contribution in [2.45, 2.75) is 63.7 Å². The van der Waals surface area contributed by atoms with Crippen LogP contribution in [0.25, 0.3) is 6.08 Å². The van der Waals surface area contributed by atoms with Gasteiger partial charge in [0.15, 0.2) is 0 Å². The van der Waals surface area contributed by atoms with E-state index < -0.39 is 64.3 Å². The highest BCUT2D eigenvalue weighted by Crippen LogP contribution is 2.32. The van der Waals surface area contributed by atoms with Crippen LogP contribution in [0, 0.1) is 25.6 Å². The summed E-state index contributed by atoms with van der Waals surface area (Å²) in [5, 5.41) is 23.0. The number of nitro groups is 2. The van der Waals surface area contributed by atoms with Crippen LogP contribution < -0.4 is 18.9 Å². The van der Waals surface area contributed by atoms with Crippen molar-refractivity contribution in [2.75, 3.05) is 26.4 Å². The number of alkyl halides is 6. The number of nitrogens with zero attached hydrogens (tertiary/aromatic N) is 2. The predicted molar refractivity (Wildman–Crippen MR) is 273 cm³/mol. The first-order chi connectivity index (χ1) is 37.6. The predicted octanol–water partition coefficient (Wildman–Crippen LogP) is 12.6. The van der Waals surface area contributed by atoms with E-state index in [4.69, 9.17) is 28.4 Å². The summed E-state index contributed by atoms with van der Waals surface area (Å²) in [4.78, 5) is 74.3. The highest BCUT2D eigenvalue weighted by Gasteiger charge is 2.35. The van der Waals surface area contributed by atoms with Crippen LogP contribution in [0.1, 0.15) is 75.1 Å². The van der Waals surface area contributed by atoms with Crippen molar-refractivity contribution in [2.24, 2.45) is 5.41 Å². The van der Waals surface area contributed by atoms with Gasteiger partial charge in [-0.25, -0.2) is 14.4 Å². The molecule has 0 spiro atoms. The van der Waals surface area contributed by atoms with Gasteiger partial charge in [-0.1, -0.05) is 48.5 Å². The minimum atomic E-state index is -4.29. The van der Waals surface area contributed by atoms with Gasteiger partial charge in [0.05, 0.1) is 34.2 Å². The second-order valence-corrected chi connectivity index (χ2v) is 18.0. The number of carbonyl (C=O) groups excluding carboxylic acids is 4. The zero-order chi connectivity index (χ0) is 57.0. The zero-order valence-corrected chi connectivity index (χ0v) is 41.9. The third-order valence-electron chi connectivity index (χ3n) is 11.7. The zero-order valence-electron chi connectivity index (χ0n) is 41.9. The summed E-state index contributed by atoms with van der Waals surface area (Å²) in [6, 6.07) is 34.9. The van der Waals surface area contributed by atoms with E-state index in [0.717, 1.165) is 6.08 Å². The van der Waals surface area contributed by atoms with E-state index in [0.29, 0.717) is 22.3 Å². The van der Waals surface area contributed by atoms with Crippen molar-refractivity contribution in [1.82, 2.24) is 0 Å². The van der Waals surface area contributed by atoms with Crippen LogP contribution in [0.4, 0.5) is 37.7 Å². The van der Waals surface area contributed by atoms with Crippen molar-refractivity contribution >= 4 is 41.3 Å². The van der Waals surface area contributed by atoms with Crippen LogP contribution in [0.15, 0.2) is 152 Å². The molecule has 0 N–H and O–H groups in total. The number of carbonyl (C=O) groups is 4. The largest absolute Gasteiger partial charge is 0.494 e. The van der Waals surface area contributed by atoms with Gasteiger partial charge in [-0.15, -0.1) is 0 Å². The van der Waals surface area contributed by atoms with Gasteiger partial charge in [-0.3, -0.25) is 25.0 Å². The maximum atomic E-state index is 13.5. The molecule has 6 aromatic rings. The molecule has 6 aromatic carbocycles. The molecule has 0 aromatic heterocycles. The number of ether oxygens (including phenoxy) is 6. The second-order valence-electron chi connectivity index (χ2n) is 18.0. The Bertz CT molecular complexity index is 2980. The number of esters is 4. The lowest BCUT2D eigenvalue weighted by atomic mass is 9.77. The Morgan fingerprint density at radius 3 is 1.30 bits per heavy atom. The number of halogens is 6. The van der Waals surface area contributed by atoms with Gasteiger partial charge in [0.2, 0.25) is 0 Å². The van der Waals surface area contributed by atoms with Crippen LogP contribution in [0.2, 0.25) is 0 Å². The molecule has 0 fully saturated rings. The summed E-state index contributed by atoms with van der Waals surface area (Å²) >= 11 is 0. The minimum absolute atomic E-state index is 0.0409. The molecule has 414 valence electrons. The third kappa shape index (κ3) is 20.4. The number of nitro benzene ring substituents is 2. The summed E-state index contributed by atoms with van der Waals surface area (Å²) in [6.07, 6.45) is -8.29. The third-order valence-corrected chi connectivity index (χ3v) is 11.7. The van der Waals surface area contributed by atoms with Gasteiger partial charge in [0.1, 0.15) is 36.2 Å². The van der Waals surface area contributed by atoms with E-state index >= 15 is 0 Å². The molecule has 22 heteroatoms. The van der Waals surface area contributed by atoms with Crippen LogP contribution in [0.5, 0.6) is 23.0 Å². The van der Waals surface area contributed by atoms with E-state index in [1.54, 1.807) is 24.3 Å². The lowest BCUT2D eigenvalue weighted by Crippen LogP contribution is -2.38. The van der Waals surface area contributed by atoms with Crippen molar-refractivity contribution in [1.29, 1.82) is 0 Å². The van der Waals surface area contributed by atoms with Gasteiger partial charge in [0.25, 0.3) is 11.4 Å². The van der Waals surface area contributed by atoms with E-state index in [2.05, 4.69) is 0 Å². The lowest BCUT2D eigenvalue weighted by molar-refractivity contribution is -0.385. The number of aryl methyl sites for hydroxylation is 1. The Morgan fingerprint density at radius 1 is 0.494 bits per heavy atom. The molecule has 0 unspecified atom stereocenters. The Hall–Kier alpha value is -9.08. The number of benzene rings is 6. The van der Waals surface area contributed by atoms with Crippen LogP contribution in [-0.2, 0) is 38.3 Å². The standard InChI is InChI=1S/C57H50F6N2O14/c58-56(59,60)31-1-33-74-47-25-13-43(14-26-47)53(68)78-49-21-7-39(8-22-49)11-29-51(66)76-37-55(35-41-3-17-45(18-4-41)64(70)71,36-42-5-19-46(20-6-42)65(72)73)38-77-52(67)30-12-40-9-23-50(24-10-40)79-54(69)44-15-27-48(28-16-44)75-34-2-32-57(61,62)63/h3-11,13-29H,1-2,12,30-38H2/b29-11+. The summed E-state index contributed by atoms with van der Waals surface area (Å²) in [5.41, 5.74) is 0.940. The molecule has 79 heavy (non-hydrogen) atoms. The first kappa shape index (κ1) is 59.2. The van der Waals surface area contributed by atoms with Gasteiger partial charge >= 0.3 is 36.2 Å². The number of non-ortho nitro benzene ring substituents is 2. The van der Waals surface area contributed by atoms with Gasteiger partial charge in [-0.05, 0) is 133 Å². The molecule has 0 atom stereocenters. The molecule has 0 amide bonds. The Morgan fingerprint density at radius 2 is 0.886 bits per heavy atom. The molecule has 0 radical (unpaired) electrons. The van der Waals surface area contributed by atoms with E-state index in [-0.39, 0.29) is 110 Å². The maximum Gasteiger partial charge on any atom is 0.389 e.